The molecule has 0 fully saturated rings. The Labute approximate surface area is 200 Å². The van der Waals surface area contributed by atoms with Crippen molar-refractivity contribution in [2.24, 2.45) is 17.2 Å². The Morgan fingerprint density at radius 2 is 1.34 bits per heavy atom. The van der Waals surface area contributed by atoms with Crippen molar-refractivity contribution in [2.75, 3.05) is 6.61 Å². The average Bonchev–Trinajstić information content (AvgIpc) is 2.79. The molecule has 14 heteroatoms. The number of aliphatic hydroxyl groups excluding tert-OH is 1. The van der Waals surface area contributed by atoms with Gasteiger partial charge in [-0.3, -0.25) is 24.0 Å². The van der Waals surface area contributed by atoms with E-state index in [1.165, 1.54) is 0 Å². The topological polar surface area (TPSA) is 257 Å². The number of aliphatic hydroxyl groups is 1. The first-order valence-electron chi connectivity index (χ1n) is 10.6. The number of aliphatic carboxylic acids is 1. The Kier molecular flexibility index (Phi) is 11.8. The van der Waals surface area contributed by atoms with Crippen LogP contribution in [-0.2, 0) is 35.2 Å². The van der Waals surface area contributed by atoms with E-state index < -0.39 is 72.7 Å². The molecular weight excluding hydrogens is 464 g/mol. The summed E-state index contributed by atoms with van der Waals surface area (Å²) in [5, 5.41) is 25.2. The molecule has 0 saturated carbocycles. The van der Waals surface area contributed by atoms with Gasteiger partial charge in [0.25, 0.3) is 0 Å². The first-order chi connectivity index (χ1) is 16.4. The van der Waals surface area contributed by atoms with Crippen LogP contribution in [0.15, 0.2) is 30.3 Å². The molecule has 35 heavy (non-hydrogen) atoms. The molecule has 5 amide bonds. The highest BCUT2D eigenvalue weighted by molar-refractivity contribution is 5.96. The Hall–Kier alpha value is -4.04. The molecule has 0 aliphatic carbocycles. The van der Waals surface area contributed by atoms with Gasteiger partial charge in [-0.05, 0) is 18.4 Å². The summed E-state index contributed by atoms with van der Waals surface area (Å²) in [6.45, 7) is -0.940. The molecule has 0 aromatic heterocycles. The van der Waals surface area contributed by atoms with Crippen LogP contribution in [0.4, 0.5) is 0 Å². The van der Waals surface area contributed by atoms with Gasteiger partial charge in [0.1, 0.15) is 18.1 Å². The molecule has 0 heterocycles. The van der Waals surface area contributed by atoms with E-state index in [1.54, 1.807) is 30.3 Å². The van der Waals surface area contributed by atoms with E-state index in [2.05, 4.69) is 16.0 Å². The summed E-state index contributed by atoms with van der Waals surface area (Å²) < 4.78 is 0. The largest absolute Gasteiger partial charge is 0.480 e. The van der Waals surface area contributed by atoms with Gasteiger partial charge in [0.2, 0.25) is 29.5 Å². The predicted molar refractivity (Wildman–Crippen MR) is 121 cm³/mol. The fourth-order valence-electron chi connectivity index (χ4n) is 2.93. The van der Waals surface area contributed by atoms with Crippen molar-refractivity contribution >= 4 is 35.5 Å². The van der Waals surface area contributed by atoms with E-state index in [9.17, 15) is 39.0 Å². The summed E-state index contributed by atoms with van der Waals surface area (Å²) in [6.07, 6.45) is -1.14. The standard InChI is InChI=1S/C21H30N6O8/c22-12(8-11-4-2-1-3-5-11)18(31)26-14(9-17(24)30)19(32)27-15(10-28)20(33)25-13(21(34)35)6-7-16(23)29/h1-5,12-15,28H,6-10,22H2,(H2,23,29)(H2,24,30)(H,25,33)(H,26,31)(H,27,32)(H,34,35). The number of carboxylic acids is 1. The van der Waals surface area contributed by atoms with Crippen molar-refractivity contribution in [2.45, 2.75) is 49.9 Å². The van der Waals surface area contributed by atoms with Crippen LogP contribution in [0.2, 0.25) is 0 Å². The minimum atomic E-state index is -1.64. The molecule has 1 rings (SSSR count). The highest BCUT2D eigenvalue weighted by atomic mass is 16.4. The zero-order chi connectivity index (χ0) is 26.5. The number of nitrogens with one attached hydrogen (secondary N) is 3. The summed E-state index contributed by atoms with van der Waals surface area (Å²) in [6, 6.07) is 3.05. The van der Waals surface area contributed by atoms with E-state index >= 15 is 0 Å². The van der Waals surface area contributed by atoms with Crippen LogP contribution < -0.4 is 33.2 Å². The maximum atomic E-state index is 12.7. The molecule has 4 unspecified atom stereocenters. The molecule has 1 aromatic carbocycles. The van der Waals surface area contributed by atoms with E-state index in [-0.39, 0.29) is 19.3 Å². The number of carbonyl (C=O) groups excluding carboxylic acids is 5. The lowest BCUT2D eigenvalue weighted by atomic mass is 10.0. The summed E-state index contributed by atoms with van der Waals surface area (Å²) in [7, 11) is 0. The SMILES string of the molecule is NC(=O)CCC(NC(=O)C(CO)NC(=O)C(CC(N)=O)NC(=O)C(N)Cc1ccccc1)C(=O)O. The van der Waals surface area contributed by atoms with Crippen LogP contribution >= 0.6 is 0 Å². The Bertz CT molecular complexity index is 926. The lowest BCUT2D eigenvalue weighted by Crippen LogP contribution is -2.58. The first-order valence-corrected chi connectivity index (χ1v) is 10.6. The van der Waals surface area contributed by atoms with E-state index in [1.807, 2.05) is 0 Å². The van der Waals surface area contributed by atoms with Crippen LogP contribution in [0.3, 0.4) is 0 Å². The van der Waals surface area contributed by atoms with Crippen LogP contribution in [0, 0.1) is 0 Å². The molecule has 0 aliphatic rings. The molecule has 0 saturated heterocycles. The number of hydrogen-bond donors (Lipinski definition) is 8. The number of amides is 5. The molecule has 4 atom stereocenters. The van der Waals surface area contributed by atoms with E-state index in [0.29, 0.717) is 0 Å². The molecule has 11 N–H and O–H groups in total. The van der Waals surface area contributed by atoms with Crippen LogP contribution in [-0.4, -0.2) is 76.5 Å². The highest BCUT2D eigenvalue weighted by Crippen LogP contribution is 2.04. The third-order valence-corrected chi connectivity index (χ3v) is 4.78. The minimum Gasteiger partial charge on any atom is -0.480 e. The van der Waals surface area contributed by atoms with Crippen LogP contribution in [0.5, 0.6) is 0 Å². The van der Waals surface area contributed by atoms with Crippen molar-refractivity contribution in [3.05, 3.63) is 35.9 Å². The van der Waals surface area contributed by atoms with E-state index in [0.717, 1.165) is 5.56 Å². The number of hydrogen-bond acceptors (Lipinski definition) is 8. The van der Waals surface area contributed by atoms with Crippen LogP contribution in [0.25, 0.3) is 0 Å². The van der Waals surface area contributed by atoms with Crippen molar-refractivity contribution in [3.8, 4) is 0 Å². The molecule has 1 aromatic rings. The molecule has 14 nitrogen and oxygen atoms in total. The summed E-state index contributed by atoms with van der Waals surface area (Å²) >= 11 is 0. The third-order valence-electron chi connectivity index (χ3n) is 4.78. The molecular formula is C21H30N6O8. The van der Waals surface area contributed by atoms with Gasteiger partial charge in [0.15, 0.2) is 0 Å². The van der Waals surface area contributed by atoms with Crippen molar-refractivity contribution in [1.82, 2.24) is 16.0 Å². The van der Waals surface area contributed by atoms with Gasteiger partial charge in [-0.15, -0.1) is 0 Å². The molecule has 0 radical (unpaired) electrons. The Balaban J connectivity index is 2.84. The van der Waals surface area contributed by atoms with Crippen molar-refractivity contribution < 1.29 is 39.0 Å². The number of primary amides is 2. The zero-order valence-corrected chi connectivity index (χ0v) is 18.8. The summed E-state index contributed by atoms with van der Waals surface area (Å²) in [5.41, 5.74) is 16.8. The number of nitrogens with two attached hydrogens (primary N) is 3. The fourth-order valence-corrected chi connectivity index (χ4v) is 2.93. The zero-order valence-electron chi connectivity index (χ0n) is 18.8. The quantitative estimate of drug-likeness (QED) is 0.119. The summed E-state index contributed by atoms with van der Waals surface area (Å²) in [4.78, 5) is 71.1. The van der Waals surface area contributed by atoms with Crippen molar-refractivity contribution in [1.29, 1.82) is 0 Å². The van der Waals surface area contributed by atoms with Gasteiger partial charge in [-0.1, -0.05) is 30.3 Å². The number of carboxylic acid groups (broad SMARTS) is 1. The lowest BCUT2D eigenvalue weighted by molar-refractivity contribution is -0.143. The van der Waals surface area contributed by atoms with Gasteiger partial charge in [0, 0.05) is 6.42 Å². The second-order valence-corrected chi connectivity index (χ2v) is 7.68. The Morgan fingerprint density at radius 3 is 1.86 bits per heavy atom. The first kappa shape index (κ1) is 29.0. The molecule has 0 spiro atoms. The van der Waals surface area contributed by atoms with Gasteiger partial charge in [-0.25, -0.2) is 4.79 Å². The van der Waals surface area contributed by atoms with Gasteiger partial charge in [0.05, 0.1) is 19.1 Å². The highest BCUT2D eigenvalue weighted by Gasteiger charge is 2.31. The van der Waals surface area contributed by atoms with Gasteiger partial charge >= 0.3 is 5.97 Å². The van der Waals surface area contributed by atoms with E-state index in [4.69, 9.17) is 17.2 Å². The second kappa shape index (κ2) is 14.3. The normalized spacial score (nSPS) is 14.0. The monoisotopic (exact) mass is 494 g/mol. The molecule has 0 bridgehead atoms. The third kappa shape index (κ3) is 10.6. The molecule has 192 valence electrons. The average molecular weight is 495 g/mol. The fraction of sp³-hybridized carbons (Fsp3) is 0.429. The summed E-state index contributed by atoms with van der Waals surface area (Å²) in [5.74, 6) is -6.08. The Morgan fingerprint density at radius 1 is 0.800 bits per heavy atom. The van der Waals surface area contributed by atoms with Gasteiger partial charge < -0.3 is 43.4 Å². The maximum absolute atomic E-state index is 12.7. The number of carbonyl (C=O) groups is 6. The lowest BCUT2D eigenvalue weighted by Gasteiger charge is -2.23. The maximum Gasteiger partial charge on any atom is 0.326 e. The minimum absolute atomic E-state index is 0.140. The number of benzene rings is 1. The van der Waals surface area contributed by atoms with Crippen molar-refractivity contribution in [3.63, 3.8) is 0 Å². The smallest absolute Gasteiger partial charge is 0.326 e. The second-order valence-electron chi connectivity index (χ2n) is 7.68. The molecule has 0 aliphatic heterocycles. The van der Waals surface area contributed by atoms with Crippen LogP contribution in [0.1, 0.15) is 24.8 Å². The predicted octanol–water partition coefficient (Wildman–Crippen LogP) is -3.77. The number of rotatable bonds is 15. The van der Waals surface area contributed by atoms with Gasteiger partial charge in [-0.2, -0.15) is 0 Å².